The lowest BCUT2D eigenvalue weighted by molar-refractivity contribution is -0.384. The molecule has 2 N–H and O–H groups in total. The molecule has 2 rings (SSSR count). The first-order valence-electron chi connectivity index (χ1n) is 6.60. The number of rotatable bonds is 6. The predicted molar refractivity (Wildman–Crippen MR) is 78.7 cm³/mol. The van der Waals surface area contributed by atoms with E-state index in [2.05, 4.69) is 10.3 Å². The van der Waals surface area contributed by atoms with Gasteiger partial charge in [0.1, 0.15) is 0 Å². The highest BCUT2D eigenvalue weighted by Gasteiger charge is 2.10. The Labute approximate surface area is 122 Å². The SMILES string of the molecule is Cc1ccncc1CNCC(O)c1ccc([N+](=O)[O-])cc1. The van der Waals surface area contributed by atoms with E-state index in [4.69, 9.17) is 0 Å². The van der Waals surface area contributed by atoms with E-state index < -0.39 is 11.0 Å². The third-order valence-corrected chi connectivity index (χ3v) is 3.29. The van der Waals surface area contributed by atoms with E-state index in [1.807, 2.05) is 13.0 Å². The van der Waals surface area contributed by atoms with Crippen molar-refractivity contribution in [3.8, 4) is 0 Å². The second-order valence-corrected chi connectivity index (χ2v) is 4.80. The zero-order valence-electron chi connectivity index (χ0n) is 11.7. The molecule has 0 saturated heterocycles. The van der Waals surface area contributed by atoms with E-state index in [9.17, 15) is 15.2 Å². The Hall–Kier alpha value is -2.31. The fourth-order valence-electron chi connectivity index (χ4n) is 1.96. The van der Waals surface area contributed by atoms with Gasteiger partial charge in [-0.2, -0.15) is 0 Å². The summed E-state index contributed by atoms with van der Waals surface area (Å²) in [6, 6.07) is 7.86. The van der Waals surface area contributed by atoms with E-state index in [0.29, 0.717) is 18.7 Å². The van der Waals surface area contributed by atoms with Crippen LogP contribution in [0, 0.1) is 17.0 Å². The molecule has 0 aliphatic carbocycles. The number of aliphatic hydroxyl groups excluding tert-OH is 1. The fourth-order valence-corrected chi connectivity index (χ4v) is 1.96. The number of aliphatic hydroxyl groups is 1. The molecule has 6 heteroatoms. The van der Waals surface area contributed by atoms with Gasteiger partial charge in [-0.3, -0.25) is 15.1 Å². The second kappa shape index (κ2) is 6.92. The largest absolute Gasteiger partial charge is 0.387 e. The van der Waals surface area contributed by atoms with Crippen LogP contribution >= 0.6 is 0 Å². The maximum Gasteiger partial charge on any atom is 0.269 e. The third-order valence-electron chi connectivity index (χ3n) is 3.29. The summed E-state index contributed by atoms with van der Waals surface area (Å²) < 4.78 is 0. The number of hydrogen-bond acceptors (Lipinski definition) is 5. The monoisotopic (exact) mass is 287 g/mol. The molecular formula is C15H17N3O3. The Morgan fingerprint density at radius 1 is 1.33 bits per heavy atom. The molecule has 1 unspecified atom stereocenters. The van der Waals surface area contributed by atoms with Gasteiger partial charge >= 0.3 is 0 Å². The maximum absolute atomic E-state index is 10.6. The van der Waals surface area contributed by atoms with Gasteiger partial charge in [0.15, 0.2) is 0 Å². The zero-order valence-corrected chi connectivity index (χ0v) is 11.7. The van der Waals surface area contributed by atoms with Crippen LogP contribution in [0.3, 0.4) is 0 Å². The summed E-state index contributed by atoms with van der Waals surface area (Å²) in [4.78, 5) is 14.2. The average molecular weight is 287 g/mol. The highest BCUT2D eigenvalue weighted by atomic mass is 16.6. The molecule has 0 saturated carbocycles. The molecule has 1 aromatic heterocycles. The Kier molecular flexibility index (Phi) is 4.97. The van der Waals surface area contributed by atoms with Crippen LogP contribution in [0.4, 0.5) is 5.69 Å². The number of non-ortho nitro benzene ring substituents is 1. The molecule has 0 bridgehead atoms. The van der Waals surface area contributed by atoms with Crippen molar-refractivity contribution in [2.75, 3.05) is 6.54 Å². The molecule has 0 fully saturated rings. The molecule has 1 atom stereocenters. The normalized spacial score (nSPS) is 12.1. The molecule has 1 aromatic carbocycles. The number of nitrogens with zero attached hydrogens (tertiary/aromatic N) is 2. The van der Waals surface area contributed by atoms with Crippen LogP contribution in [0.2, 0.25) is 0 Å². The van der Waals surface area contributed by atoms with E-state index in [0.717, 1.165) is 11.1 Å². The number of hydrogen-bond donors (Lipinski definition) is 2. The lowest BCUT2D eigenvalue weighted by Gasteiger charge is -2.13. The topological polar surface area (TPSA) is 88.3 Å². The van der Waals surface area contributed by atoms with E-state index in [-0.39, 0.29) is 5.69 Å². The van der Waals surface area contributed by atoms with Crippen molar-refractivity contribution in [2.45, 2.75) is 19.6 Å². The maximum atomic E-state index is 10.6. The van der Waals surface area contributed by atoms with E-state index in [1.165, 1.54) is 12.1 Å². The van der Waals surface area contributed by atoms with Crippen molar-refractivity contribution >= 4 is 5.69 Å². The van der Waals surface area contributed by atoms with Gasteiger partial charge in [0, 0.05) is 37.6 Å². The molecule has 2 aromatic rings. The van der Waals surface area contributed by atoms with Crippen molar-refractivity contribution in [1.82, 2.24) is 10.3 Å². The van der Waals surface area contributed by atoms with Gasteiger partial charge in [-0.15, -0.1) is 0 Å². The third kappa shape index (κ3) is 4.08. The van der Waals surface area contributed by atoms with Crippen molar-refractivity contribution < 1.29 is 10.0 Å². The minimum absolute atomic E-state index is 0.0184. The number of nitrogens with one attached hydrogen (secondary N) is 1. The first-order chi connectivity index (χ1) is 10.1. The van der Waals surface area contributed by atoms with Crippen LogP contribution in [0.15, 0.2) is 42.7 Å². The van der Waals surface area contributed by atoms with Crippen LogP contribution in [0.1, 0.15) is 22.8 Å². The van der Waals surface area contributed by atoms with E-state index >= 15 is 0 Å². The second-order valence-electron chi connectivity index (χ2n) is 4.80. The van der Waals surface area contributed by atoms with Crippen LogP contribution in [-0.4, -0.2) is 21.6 Å². The summed E-state index contributed by atoms with van der Waals surface area (Å²) in [7, 11) is 0. The molecule has 0 amide bonds. The molecule has 0 radical (unpaired) electrons. The lowest BCUT2D eigenvalue weighted by Crippen LogP contribution is -2.21. The Balaban J connectivity index is 1.88. The van der Waals surface area contributed by atoms with Crippen molar-refractivity contribution in [1.29, 1.82) is 0 Å². The van der Waals surface area contributed by atoms with Crippen molar-refractivity contribution in [3.63, 3.8) is 0 Å². The van der Waals surface area contributed by atoms with Crippen LogP contribution in [-0.2, 0) is 6.54 Å². The minimum atomic E-state index is -0.706. The van der Waals surface area contributed by atoms with Crippen LogP contribution in [0.25, 0.3) is 0 Å². The predicted octanol–water partition coefficient (Wildman–Crippen LogP) is 2.12. The Morgan fingerprint density at radius 2 is 2.05 bits per heavy atom. The molecule has 0 spiro atoms. The Bertz CT molecular complexity index is 614. The number of nitro benzene ring substituents is 1. The summed E-state index contributed by atoms with van der Waals surface area (Å²) in [5, 5.41) is 23.8. The molecule has 1 heterocycles. The number of pyridine rings is 1. The van der Waals surface area contributed by atoms with Crippen molar-refractivity contribution in [2.24, 2.45) is 0 Å². The molecular weight excluding hydrogens is 270 g/mol. The van der Waals surface area contributed by atoms with Gasteiger partial charge in [0.2, 0.25) is 0 Å². The van der Waals surface area contributed by atoms with Gasteiger partial charge in [-0.25, -0.2) is 0 Å². The van der Waals surface area contributed by atoms with Gasteiger partial charge in [-0.05, 0) is 41.8 Å². The molecule has 6 nitrogen and oxygen atoms in total. The van der Waals surface area contributed by atoms with Gasteiger partial charge in [0.25, 0.3) is 5.69 Å². The van der Waals surface area contributed by atoms with E-state index in [1.54, 1.807) is 24.5 Å². The number of aryl methyl sites for hydroxylation is 1. The van der Waals surface area contributed by atoms with Gasteiger partial charge in [-0.1, -0.05) is 0 Å². The van der Waals surface area contributed by atoms with Crippen molar-refractivity contribution in [3.05, 3.63) is 69.5 Å². The number of nitro groups is 1. The van der Waals surface area contributed by atoms with Gasteiger partial charge in [0.05, 0.1) is 11.0 Å². The van der Waals surface area contributed by atoms with Crippen LogP contribution in [0.5, 0.6) is 0 Å². The summed E-state index contributed by atoms with van der Waals surface area (Å²) in [5.74, 6) is 0. The molecule has 110 valence electrons. The first-order valence-corrected chi connectivity index (χ1v) is 6.60. The number of aromatic nitrogens is 1. The summed E-state index contributed by atoms with van der Waals surface area (Å²) in [6.07, 6.45) is 2.83. The molecule has 0 aliphatic rings. The Morgan fingerprint density at radius 3 is 2.67 bits per heavy atom. The lowest BCUT2D eigenvalue weighted by atomic mass is 10.1. The molecule has 21 heavy (non-hydrogen) atoms. The standard InChI is InChI=1S/C15H17N3O3/c1-11-6-7-16-8-13(11)9-17-10-15(19)12-2-4-14(5-3-12)18(20)21/h2-8,15,17,19H,9-10H2,1H3. The highest BCUT2D eigenvalue weighted by molar-refractivity contribution is 5.33. The van der Waals surface area contributed by atoms with Gasteiger partial charge < -0.3 is 10.4 Å². The molecule has 0 aliphatic heterocycles. The summed E-state index contributed by atoms with van der Waals surface area (Å²) >= 11 is 0. The average Bonchev–Trinajstić information content (AvgIpc) is 2.49. The quantitative estimate of drug-likeness (QED) is 0.627. The first kappa shape index (κ1) is 15.1. The fraction of sp³-hybridized carbons (Fsp3) is 0.267. The number of benzene rings is 1. The highest BCUT2D eigenvalue weighted by Crippen LogP contribution is 2.17. The zero-order chi connectivity index (χ0) is 15.2. The minimum Gasteiger partial charge on any atom is -0.387 e. The van der Waals surface area contributed by atoms with Crippen LogP contribution < -0.4 is 5.32 Å². The summed E-state index contributed by atoms with van der Waals surface area (Å²) in [5.41, 5.74) is 2.89. The summed E-state index contributed by atoms with van der Waals surface area (Å²) in [6.45, 7) is 2.99. The smallest absolute Gasteiger partial charge is 0.269 e.